The Morgan fingerprint density at radius 2 is 0.978 bits per heavy atom. The maximum absolute atomic E-state index is 11.3. The van der Waals surface area contributed by atoms with Crippen LogP contribution in [0.1, 0.15) is 216 Å². The number of rotatable bonds is 17. The van der Waals surface area contributed by atoms with E-state index in [1.165, 1.54) is 211 Å². The number of fused-ring (bicyclic) bond motifs is 18. The summed E-state index contributed by atoms with van der Waals surface area (Å²) in [5, 5.41) is 28.1. The summed E-state index contributed by atoms with van der Waals surface area (Å²) in [5.74, 6) is 4.29. The van der Waals surface area contributed by atoms with E-state index in [0.29, 0.717) is 35.8 Å². The second-order valence-corrected chi connectivity index (χ2v) is 42.9. The molecule has 0 radical (unpaired) electrons. The molecule has 6 unspecified atom stereocenters. The SMILES string of the molecule is C=C(C)N1CCn2c3c(c4cc(C(=O)O)ccc42)CCCC31.CCNC1CCCc2c1[nH]c1ccc(C)cc21.CN(C)c1ccc(C=NC2CCCc3c2[nH]c2ccc(Br)cc32)cc1.COCCNC1CCCc2c1[nH]c1ccc(Br)cc21.COc1ccc(Oc2ccc3c(c2)c2c4n3CCN(C)C4CCC2)cc1.COc1ccc(Oc2ccc3c(c2)c2c4n3CCNC4CCC2)cc1.CS(C)(=O)=O. The Bertz CT molecular complexity index is 7100. The van der Waals surface area contributed by atoms with E-state index in [0.717, 1.165) is 164 Å². The van der Waals surface area contributed by atoms with Gasteiger partial charge in [-0.3, -0.25) is 9.89 Å². The summed E-state index contributed by atoms with van der Waals surface area (Å²) in [6.45, 7) is 19.5. The van der Waals surface area contributed by atoms with Crippen LogP contribution in [0.15, 0.2) is 208 Å². The molecule has 728 valence electrons. The van der Waals surface area contributed by atoms with E-state index in [-0.39, 0.29) is 6.04 Å². The molecule has 6 atom stereocenters. The minimum Gasteiger partial charge on any atom is -0.497 e. The molecule has 9 heterocycles. The van der Waals surface area contributed by atoms with Gasteiger partial charge in [0.25, 0.3) is 0 Å². The molecule has 22 nitrogen and oxygen atoms in total. The van der Waals surface area contributed by atoms with Crippen molar-refractivity contribution < 1.29 is 42.0 Å². The quantitative estimate of drug-likeness (QED) is 0.0331. The first-order valence-electron chi connectivity index (χ1n) is 49.7. The van der Waals surface area contributed by atoms with Gasteiger partial charge in [0, 0.05) is 224 Å². The summed E-state index contributed by atoms with van der Waals surface area (Å²) in [5.41, 5.74) is 30.2. The number of H-pyrrole nitrogens is 3. The highest BCUT2D eigenvalue weighted by atomic mass is 79.9. The highest BCUT2D eigenvalue weighted by Crippen LogP contribution is 2.48. The van der Waals surface area contributed by atoms with Crippen molar-refractivity contribution in [1.82, 2.24) is 54.4 Å². The Balaban J connectivity index is 0.000000110. The molecule has 0 bridgehead atoms. The van der Waals surface area contributed by atoms with Gasteiger partial charge in [0.2, 0.25) is 0 Å². The number of halogens is 2. The van der Waals surface area contributed by atoms with Crippen LogP contribution in [0.5, 0.6) is 34.5 Å². The molecule has 6 aliphatic carbocycles. The van der Waals surface area contributed by atoms with Crippen LogP contribution in [0, 0.1) is 6.92 Å². The smallest absolute Gasteiger partial charge is 0.335 e. The number of aliphatic imine (C=N–C) groups is 1. The fourth-order valence-electron chi connectivity index (χ4n) is 22.7. The van der Waals surface area contributed by atoms with Gasteiger partial charge in [0.05, 0.1) is 44.5 Å². The fourth-order valence-corrected chi connectivity index (χ4v) is 23.5. The third kappa shape index (κ3) is 21.6. The van der Waals surface area contributed by atoms with Gasteiger partial charge >= 0.3 is 5.97 Å². The van der Waals surface area contributed by atoms with Crippen LogP contribution >= 0.6 is 31.9 Å². The second-order valence-electron chi connectivity index (χ2n) is 38.8. The Morgan fingerprint density at radius 3 is 1.53 bits per heavy atom. The number of nitrogens with zero attached hydrogens (tertiary/aromatic N) is 7. The number of benzene rings is 9. The molecule has 139 heavy (non-hydrogen) atoms. The third-order valence-electron chi connectivity index (χ3n) is 29.1. The lowest BCUT2D eigenvalue weighted by Gasteiger charge is -2.41. The normalized spacial score (nSPS) is 18.6. The molecule has 6 aromatic heterocycles. The van der Waals surface area contributed by atoms with Crippen LogP contribution in [-0.2, 0) is 72.7 Å². The minimum absolute atomic E-state index is 0.225. The number of aromatic amines is 3. The molecule has 9 aromatic carbocycles. The number of carboxylic acid groups (broad SMARTS) is 1. The van der Waals surface area contributed by atoms with E-state index in [1.54, 1.807) is 38.7 Å². The third-order valence-corrected chi connectivity index (χ3v) is 30.1. The largest absolute Gasteiger partial charge is 0.497 e. The summed E-state index contributed by atoms with van der Waals surface area (Å²) in [4.78, 5) is 34.0. The highest BCUT2D eigenvalue weighted by molar-refractivity contribution is 9.10. The molecule has 0 amide bonds. The minimum atomic E-state index is -2.67. The van der Waals surface area contributed by atoms with E-state index in [2.05, 4.69) is 255 Å². The maximum atomic E-state index is 11.3. The fraction of sp³-hybridized carbons (Fsp3) is 0.386. The average Bonchev–Trinajstić information content (AvgIpc) is 1.58. The first kappa shape index (κ1) is 97.8. The number of anilines is 1. The predicted molar refractivity (Wildman–Crippen MR) is 573 cm³/mol. The van der Waals surface area contributed by atoms with Crippen LogP contribution in [-0.4, -0.2) is 158 Å². The molecule has 3 aliphatic heterocycles. The monoisotopic (exact) mass is 2020 g/mol. The predicted octanol–water partition coefficient (Wildman–Crippen LogP) is 24.9. The first-order chi connectivity index (χ1) is 67.3. The average molecular weight is 2020 g/mol. The number of allylic oxidation sites excluding steroid dienone is 1. The lowest BCUT2D eigenvalue weighted by molar-refractivity contribution is 0.0696. The van der Waals surface area contributed by atoms with Crippen LogP contribution < -0.4 is 39.8 Å². The van der Waals surface area contributed by atoms with Gasteiger partial charge in [0.15, 0.2) is 0 Å². The van der Waals surface area contributed by atoms with E-state index in [1.807, 2.05) is 66.9 Å². The molecule has 25 heteroatoms. The molecule has 24 rings (SSSR count). The molecule has 7 N–H and O–H groups in total. The summed E-state index contributed by atoms with van der Waals surface area (Å²) in [6.07, 6.45) is 25.9. The van der Waals surface area contributed by atoms with Crippen LogP contribution in [0.3, 0.4) is 0 Å². The molecule has 0 saturated heterocycles. The Hall–Kier alpha value is -11.4. The lowest BCUT2D eigenvalue weighted by atomic mass is 9.89. The number of ether oxygens (including phenoxy) is 5. The molecular formula is C114H133Br2N13O9S. The van der Waals surface area contributed by atoms with Gasteiger partial charge in [-0.25, -0.2) is 13.2 Å². The zero-order valence-electron chi connectivity index (χ0n) is 82.2. The van der Waals surface area contributed by atoms with Crippen molar-refractivity contribution in [1.29, 1.82) is 0 Å². The zero-order valence-corrected chi connectivity index (χ0v) is 86.2. The molecule has 0 fully saturated rings. The lowest BCUT2D eigenvalue weighted by Crippen LogP contribution is -2.38. The van der Waals surface area contributed by atoms with Gasteiger partial charge < -0.3 is 83.2 Å². The van der Waals surface area contributed by atoms with Crippen LogP contribution in [0.4, 0.5) is 5.69 Å². The van der Waals surface area contributed by atoms with Crippen molar-refractivity contribution in [3.8, 4) is 34.5 Å². The van der Waals surface area contributed by atoms with E-state index in [9.17, 15) is 18.3 Å². The topological polar surface area (TPSA) is 238 Å². The Kier molecular flexibility index (Phi) is 30.5. The second kappa shape index (κ2) is 43.4. The van der Waals surface area contributed by atoms with Crippen molar-refractivity contribution in [2.75, 3.05) is 99.2 Å². The van der Waals surface area contributed by atoms with Gasteiger partial charge in [-0.15, -0.1) is 0 Å². The number of hydrogen-bond donors (Lipinski definition) is 7. The number of nitrogens with one attached hydrogen (secondary N) is 6. The standard InChI is InChI=1S/C22H24N2O2.C21H22BrN3.C21H22N2O2.C18H20N2O2.C15H19BrN2O.C15H20N2.C2H6O2S/c1-23-12-13-24-20-11-10-17(26-16-8-6-15(25-2)7-9-16)14-19(20)18-4-3-5-21(23)22(18)24;1-25(2)16-9-6-14(7-10-16)13-23-20-5-3-4-17-18-12-15(22)8-11-19(18)24-21(17)20;1-24-14-5-7-15(8-6-14)25-16-9-10-20-18(13-16)17-3-2-4-19-21(17)23(20)12-11-22-19;1-11(2)19-8-9-20-15-7-6-12(18(21)22)10-14(15)13-4-3-5-16(19)17(13)20;1-19-8-7-17-14-4-2-3-11-12-9-10(16)5-6-13(12)18-15(11)14;1-3-16-14-6-4-5-11-12-9-10(2)7-8-13(12)17-15(11)14;1-5(2,3)4/h6-11,14,21H,3-5,12-13H2,1-2H3;6-13,20,24H,3-5H2,1-2H3;5-10,13,19,22H,2-4,11-12H2,1H3;6-7,10,16H,1,3-5,8-9H2,2H3,(H,21,22);5-6,9,14,17-18H,2-4,7-8H2,1H3;7-9,14,16-17H,3-6H2,1-2H3;1-2H3. The van der Waals surface area contributed by atoms with E-state index < -0.39 is 15.8 Å². The number of likely N-dealkylation sites (N-methyl/N-ethyl adjacent to an activating group) is 1. The van der Waals surface area contributed by atoms with Gasteiger partial charge in [-0.1, -0.05) is 69.1 Å². The number of aromatic carboxylic acids is 1. The number of sulfone groups is 1. The van der Waals surface area contributed by atoms with Gasteiger partial charge in [-0.05, 0) is 346 Å². The first-order valence-corrected chi connectivity index (χ1v) is 53.5. The van der Waals surface area contributed by atoms with Crippen molar-refractivity contribution in [3.63, 3.8) is 0 Å². The summed E-state index contributed by atoms with van der Waals surface area (Å²) >= 11 is 7.16. The zero-order chi connectivity index (χ0) is 96.9. The number of carboxylic acids is 1. The number of aromatic nitrogens is 6. The number of carbonyl (C=O) groups is 1. The van der Waals surface area contributed by atoms with Crippen molar-refractivity contribution in [2.45, 2.75) is 192 Å². The summed E-state index contributed by atoms with van der Waals surface area (Å²) < 4.78 is 56.7. The summed E-state index contributed by atoms with van der Waals surface area (Å²) in [6, 6.07) is 64.9. The Morgan fingerprint density at radius 1 is 0.518 bits per heavy atom. The molecular weight excluding hydrogens is 1890 g/mol. The van der Waals surface area contributed by atoms with E-state index >= 15 is 0 Å². The molecule has 0 saturated carbocycles. The summed E-state index contributed by atoms with van der Waals surface area (Å²) in [7, 11) is 8.80. The van der Waals surface area contributed by atoms with Gasteiger partial charge in [-0.2, -0.15) is 0 Å². The van der Waals surface area contributed by atoms with Crippen molar-refractivity contribution in [2.24, 2.45) is 4.99 Å². The van der Waals surface area contributed by atoms with Gasteiger partial charge in [0.1, 0.15) is 44.3 Å². The van der Waals surface area contributed by atoms with Crippen LogP contribution in [0.2, 0.25) is 0 Å². The Labute approximate surface area is 833 Å². The molecule has 15 aromatic rings. The van der Waals surface area contributed by atoms with Crippen molar-refractivity contribution >= 4 is 125 Å². The molecule has 0 spiro atoms. The van der Waals surface area contributed by atoms with E-state index in [4.69, 9.17) is 28.7 Å². The highest BCUT2D eigenvalue weighted by Gasteiger charge is 2.38. The number of aryl methyl sites for hydroxylation is 7. The number of methoxy groups -OCH3 is 3. The molecule has 9 aliphatic rings. The van der Waals surface area contributed by atoms with Crippen molar-refractivity contribution in [3.05, 3.63) is 287 Å². The number of hydrogen-bond acceptors (Lipinski definition) is 15. The maximum Gasteiger partial charge on any atom is 0.335 e. The van der Waals surface area contributed by atoms with Crippen LogP contribution in [0.25, 0.3) is 65.4 Å².